The molecule has 0 spiro atoms. The number of carboxylic acid groups (broad SMARTS) is 1. The van der Waals surface area contributed by atoms with Crippen LogP contribution in [0.4, 0.5) is 0 Å². The van der Waals surface area contributed by atoms with Gasteiger partial charge in [0, 0.05) is 17.8 Å². The molecule has 0 aliphatic rings. The Morgan fingerprint density at radius 1 is 1.17 bits per heavy atom. The van der Waals surface area contributed by atoms with Gasteiger partial charge in [0.05, 0.1) is 11.4 Å². The van der Waals surface area contributed by atoms with Crippen LogP contribution in [-0.2, 0) is 9.59 Å². The second-order valence-corrected chi connectivity index (χ2v) is 7.69. The van der Waals surface area contributed by atoms with E-state index in [1.807, 2.05) is 74.7 Å². The lowest BCUT2D eigenvalue weighted by Gasteiger charge is -2.19. The number of benzene rings is 1. The molecule has 0 aliphatic heterocycles. The van der Waals surface area contributed by atoms with Crippen LogP contribution in [0.5, 0.6) is 0 Å². The van der Waals surface area contributed by atoms with Crippen molar-refractivity contribution in [3.05, 3.63) is 65.5 Å². The summed E-state index contributed by atoms with van der Waals surface area (Å²) in [5, 5.41) is 12.0. The van der Waals surface area contributed by atoms with Crippen LogP contribution in [-0.4, -0.2) is 32.4 Å². The van der Waals surface area contributed by atoms with Gasteiger partial charge in [-0.1, -0.05) is 50.1 Å². The molecule has 156 valence electrons. The van der Waals surface area contributed by atoms with Crippen LogP contribution >= 0.6 is 0 Å². The summed E-state index contributed by atoms with van der Waals surface area (Å²) in [6, 6.07) is 11.1. The highest BCUT2D eigenvalue weighted by Gasteiger charge is 2.24. The number of carbonyl (C=O) groups is 2. The molecule has 2 atom stereocenters. The molecule has 30 heavy (non-hydrogen) atoms. The number of imidazole rings is 1. The first-order valence-corrected chi connectivity index (χ1v) is 10.1. The molecule has 0 fully saturated rings. The molecule has 0 radical (unpaired) electrons. The van der Waals surface area contributed by atoms with Crippen LogP contribution in [0.2, 0.25) is 0 Å². The number of nitrogens with one attached hydrogen (secondary N) is 1. The number of hydrogen-bond donors (Lipinski definition) is 2. The number of carbonyl (C=O) groups excluding carboxylic acids is 1. The minimum Gasteiger partial charge on any atom is -0.480 e. The second-order valence-electron chi connectivity index (χ2n) is 7.69. The van der Waals surface area contributed by atoms with Crippen molar-refractivity contribution in [3.63, 3.8) is 0 Å². The molecule has 3 aromatic rings. The largest absolute Gasteiger partial charge is 0.480 e. The summed E-state index contributed by atoms with van der Waals surface area (Å²) in [6.45, 7) is 7.74. The number of pyridine rings is 1. The molecule has 2 aromatic heterocycles. The van der Waals surface area contributed by atoms with Gasteiger partial charge in [-0.3, -0.25) is 9.20 Å². The Bertz CT molecular complexity index is 1100. The lowest BCUT2D eigenvalue weighted by Crippen LogP contribution is -2.44. The maximum Gasteiger partial charge on any atom is 0.326 e. The molecule has 2 heterocycles. The monoisotopic (exact) mass is 405 g/mol. The zero-order valence-corrected chi connectivity index (χ0v) is 17.7. The van der Waals surface area contributed by atoms with Gasteiger partial charge >= 0.3 is 5.97 Å². The smallest absolute Gasteiger partial charge is 0.326 e. The second kappa shape index (κ2) is 8.95. The van der Waals surface area contributed by atoms with E-state index >= 15 is 0 Å². The number of rotatable bonds is 7. The van der Waals surface area contributed by atoms with E-state index in [0.717, 1.165) is 33.7 Å². The van der Waals surface area contributed by atoms with Crippen molar-refractivity contribution in [2.24, 2.45) is 5.92 Å². The lowest BCUT2D eigenvalue weighted by molar-refractivity contribution is -0.142. The van der Waals surface area contributed by atoms with Crippen molar-refractivity contribution in [3.8, 4) is 11.3 Å². The third-order valence-corrected chi connectivity index (χ3v) is 5.31. The number of amides is 1. The number of hydrogen-bond acceptors (Lipinski definition) is 3. The molecule has 1 amide bonds. The normalized spacial score (nSPS) is 13.5. The van der Waals surface area contributed by atoms with Gasteiger partial charge < -0.3 is 10.4 Å². The highest BCUT2D eigenvalue weighted by atomic mass is 16.4. The van der Waals surface area contributed by atoms with Crippen molar-refractivity contribution in [1.82, 2.24) is 14.7 Å². The molecule has 0 saturated carbocycles. The fourth-order valence-corrected chi connectivity index (χ4v) is 3.29. The molecule has 0 bridgehead atoms. The van der Waals surface area contributed by atoms with Gasteiger partial charge in [0.25, 0.3) is 0 Å². The van der Waals surface area contributed by atoms with Gasteiger partial charge in [-0.05, 0) is 43.5 Å². The molecular weight excluding hydrogens is 378 g/mol. The Balaban J connectivity index is 1.98. The molecule has 2 unspecified atom stereocenters. The molecule has 0 saturated heterocycles. The first-order chi connectivity index (χ1) is 14.3. The quantitative estimate of drug-likeness (QED) is 0.576. The van der Waals surface area contributed by atoms with Gasteiger partial charge in [0.1, 0.15) is 11.7 Å². The summed E-state index contributed by atoms with van der Waals surface area (Å²) < 4.78 is 1.93. The zero-order chi connectivity index (χ0) is 21.8. The molecule has 6 heteroatoms. The van der Waals surface area contributed by atoms with Crippen molar-refractivity contribution >= 4 is 23.6 Å². The summed E-state index contributed by atoms with van der Waals surface area (Å²) in [6.07, 6.45) is 5.64. The highest BCUT2D eigenvalue weighted by Crippen LogP contribution is 2.26. The van der Waals surface area contributed by atoms with Gasteiger partial charge in [-0.25, -0.2) is 9.78 Å². The average Bonchev–Trinajstić information content (AvgIpc) is 3.07. The van der Waals surface area contributed by atoms with Gasteiger partial charge in [-0.2, -0.15) is 0 Å². The third-order valence-electron chi connectivity index (χ3n) is 5.31. The minimum absolute atomic E-state index is 0.165. The van der Waals surface area contributed by atoms with E-state index in [-0.39, 0.29) is 5.92 Å². The molecule has 0 aliphatic carbocycles. The number of nitrogens with zero attached hydrogens (tertiary/aromatic N) is 2. The first-order valence-electron chi connectivity index (χ1n) is 10.1. The molecular formula is C24H27N3O3. The molecule has 6 nitrogen and oxygen atoms in total. The topological polar surface area (TPSA) is 83.7 Å². The first kappa shape index (κ1) is 21.3. The molecule has 2 N–H and O–H groups in total. The summed E-state index contributed by atoms with van der Waals surface area (Å²) >= 11 is 0. The fraction of sp³-hybridized carbons (Fsp3) is 0.292. The Morgan fingerprint density at radius 2 is 1.87 bits per heavy atom. The van der Waals surface area contributed by atoms with E-state index in [1.54, 1.807) is 6.08 Å². The predicted octanol–water partition coefficient (Wildman–Crippen LogP) is 4.25. The van der Waals surface area contributed by atoms with Crippen LogP contribution in [0.15, 0.2) is 48.7 Å². The number of aromatic nitrogens is 2. The predicted molar refractivity (Wildman–Crippen MR) is 118 cm³/mol. The number of aryl methyl sites for hydroxylation is 2. The summed E-state index contributed by atoms with van der Waals surface area (Å²) in [5.74, 6) is -1.64. The highest BCUT2D eigenvalue weighted by molar-refractivity contribution is 5.95. The number of fused-ring (bicyclic) bond motifs is 1. The summed E-state index contributed by atoms with van der Waals surface area (Å²) in [7, 11) is 0. The minimum atomic E-state index is -1.03. The van der Waals surface area contributed by atoms with E-state index < -0.39 is 17.9 Å². The van der Waals surface area contributed by atoms with Gasteiger partial charge in [0.15, 0.2) is 0 Å². The van der Waals surface area contributed by atoms with Crippen molar-refractivity contribution in [2.45, 2.75) is 40.2 Å². The number of carboxylic acids is 1. The van der Waals surface area contributed by atoms with Gasteiger partial charge in [-0.15, -0.1) is 0 Å². The maximum atomic E-state index is 12.5. The van der Waals surface area contributed by atoms with Crippen LogP contribution in [0.3, 0.4) is 0 Å². The molecule has 1 aromatic carbocycles. The van der Waals surface area contributed by atoms with E-state index in [1.165, 1.54) is 6.08 Å². The van der Waals surface area contributed by atoms with E-state index in [4.69, 9.17) is 4.98 Å². The van der Waals surface area contributed by atoms with Crippen LogP contribution < -0.4 is 5.32 Å². The van der Waals surface area contributed by atoms with Crippen LogP contribution in [0.25, 0.3) is 23.0 Å². The van der Waals surface area contributed by atoms with E-state index in [2.05, 4.69) is 5.32 Å². The zero-order valence-electron chi connectivity index (χ0n) is 17.7. The van der Waals surface area contributed by atoms with Crippen LogP contribution in [0.1, 0.15) is 37.1 Å². The number of aliphatic carboxylic acids is 1. The van der Waals surface area contributed by atoms with Gasteiger partial charge in [0.2, 0.25) is 5.91 Å². The molecule has 3 rings (SSSR count). The Kier molecular flexibility index (Phi) is 6.35. The van der Waals surface area contributed by atoms with Crippen LogP contribution in [0, 0.1) is 19.8 Å². The standard InChI is InChI=1S/C24H27N3O3/c1-5-17(4)22(24(29)30)26-21(28)11-10-19-23(18-8-6-15(2)7-9-18)25-20-14-16(3)12-13-27(19)20/h6-14,17,22H,5H2,1-4H3,(H,26,28)(H,29,30)/b11-10+. The van der Waals surface area contributed by atoms with Crippen molar-refractivity contribution in [2.75, 3.05) is 0 Å². The SMILES string of the molecule is CCC(C)C(NC(=O)/C=C/c1c(-c2ccc(C)cc2)nc2cc(C)ccn12)C(=O)O. The van der Waals surface area contributed by atoms with E-state index in [0.29, 0.717) is 6.42 Å². The maximum absolute atomic E-state index is 12.5. The van der Waals surface area contributed by atoms with E-state index in [9.17, 15) is 14.7 Å². The average molecular weight is 405 g/mol. The van der Waals surface area contributed by atoms with Crippen molar-refractivity contribution < 1.29 is 14.7 Å². The third kappa shape index (κ3) is 4.59. The summed E-state index contributed by atoms with van der Waals surface area (Å²) in [5.41, 5.74) is 5.51. The summed E-state index contributed by atoms with van der Waals surface area (Å²) in [4.78, 5) is 28.7. The Hall–Kier alpha value is -3.41. The Morgan fingerprint density at radius 3 is 2.50 bits per heavy atom. The Labute approximate surface area is 176 Å². The van der Waals surface area contributed by atoms with Crippen molar-refractivity contribution in [1.29, 1.82) is 0 Å². The fourth-order valence-electron chi connectivity index (χ4n) is 3.29. The lowest BCUT2D eigenvalue weighted by atomic mass is 9.99.